The lowest BCUT2D eigenvalue weighted by Crippen LogP contribution is -2.40. The van der Waals surface area contributed by atoms with Crippen LogP contribution in [0.4, 0.5) is 0 Å². The van der Waals surface area contributed by atoms with Crippen molar-refractivity contribution in [2.24, 2.45) is 0 Å². The van der Waals surface area contributed by atoms with E-state index in [1.807, 2.05) is 6.92 Å². The summed E-state index contributed by atoms with van der Waals surface area (Å²) < 4.78 is 11.0. The molecule has 1 aromatic carbocycles. The largest absolute Gasteiger partial charge is 0.493 e. The van der Waals surface area contributed by atoms with Gasteiger partial charge in [-0.2, -0.15) is 0 Å². The molecule has 0 fully saturated rings. The van der Waals surface area contributed by atoms with Gasteiger partial charge in [0.25, 0.3) is 5.91 Å². The topological polar surface area (TPSA) is 59.6 Å². The van der Waals surface area contributed by atoms with Crippen molar-refractivity contribution < 1.29 is 14.3 Å². The second-order valence-electron chi connectivity index (χ2n) is 3.78. The van der Waals surface area contributed by atoms with Crippen LogP contribution in [0.5, 0.6) is 5.75 Å². The van der Waals surface area contributed by atoms with Crippen LogP contribution in [0.15, 0.2) is 22.7 Å². The second-order valence-corrected chi connectivity index (χ2v) is 5.04. The first kappa shape index (κ1) is 16.9. The molecule has 110 valence electrons. The van der Waals surface area contributed by atoms with Gasteiger partial charge in [0.05, 0.1) is 17.7 Å². The molecule has 0 spiro atoms. The van der Waals surface area contributed by atoms with Crippen LogP contribution in [0.2, 0.25) is 0 Å². The predicted molar refractivity (Wildman–Crippen MR) is 85.3 cm³/mol. The van der Waals surface area contributed by atoms with Gasteiger partial charge in [-0.1, -0.05) is 0 Å². The number of amides is 1. The third-order valence-electron chi connectivity index (χ3n) is 2.31. The van der Waals surface area contributed by atoms with E-state index in [4.69, 9.17) is 21.7 Å². The molecule has 1 rings (SSSR count). The molecule has 0 aromatic heterocycles. The average molecular weight is 361 g/mol. The molecule has 5 nitrogen and oxygen atoms in total. The van der Waals surface area contributed by atoms with Crippen molar-refractivity contribution in [2.75, 3.05) is 26.9 Å². The summed E-state index contributed by atoms with van der Waals surface area (Å²) in [6.45, 7) is 3.53. The summed E-state index contributed by atoms with van der Waals surface area (Å²) in [5, 5.41) is 5.74. The van der Waals surface area contributed by atoms with Crippen LogP contribution in [0.25, 0.3) is 0 Å². The Morgan fingerprint density at radius 2 is 2.20 bits per heavy atom. The highest BCUT2D eigenvalue weighted by Crippen LogP contribution is 2.25. The third kappa shape index (κ3) is 5.44. The smallest absolute Gasteiger partial charge is 0.257 e. The van der Waals surface area contributed by atoms with Crippen LogP contribution in [0.3, 0.4) is 0 Å². The number of carbonyl (C=O) groups is 1. The minimum absolute atomic E-state index is 0.274. The molecular formula is C13H17BrN2O3S. The fraction of sp³-hybridized carbons (Fsp3) is 0.385. The molecule has 0 aliphatic carbocycles. The van der Waals surface area contributed by atoms with Gasteiger partial charge >= 0.3 is 0 Å². The standard InChI is InChI=1S/C13H17BrN2O3S/c1-3-19-11-5-4-9(8-10(11)14)12(17)16-13(20)15-6-7-18-2/h4-5,8H,3,6-7H2,1-2H3,(H2,15,16,17,20). The Morgan fingerprint density at radius 3 is 2.80 bits per heavy atom. The summed E-state index contributed by atoms with van der Waals surface area (Å²) in [6, 6.07) is 5.12. The molecular weight excluding hydrogens is 344 g/mol. The lowest BCUT2D eigenvalue weighted by Gasteiger charge is -2.10. The second kappa shape index (κ2) is 8.89. The predicted octanol–water partition coefficient (Wildman–Crippen LogP) is 2.10. The fourth-order valence-corrected chi connectivity index (χ4v) is 2.09. The first-order valence-corrected chi connectivity index (χ1v) is 7.29. The fourth-order valence-electron chi connectivity index (χ4n) is 1.40. The number of halogens is 1. The van der Waals surface area contributed by atoms with Crippen LogP contribution in [-0.4, -0.2) is 37.9 Å². The molecule has 0 unspecified atom stereocenters. The van der Waals surface area contributed by atoms with Gasteiger partial charge in [-0.05, 0) is 53.3 Å². The Hall–Kier alpha value is -1.18. The molecule has 20 heavy (non-hydrogen) atoms. The van der Waals surface area contributed by atoms with Gasteiger partial charge in [0.2, 0.25) is 0 Å². The number of benzene rings is 1. The van der Waals surface area contributed by atoms with Crippen LogP contribution in [-0.2, 0) is 4.74 Å². The van der Waals surface area contributed by atoms with E-state index >= 15 is 0 Å². The van der Waals surface area contributed by atoms with E-state index < -0.39 is 0 Å². The van der Waals surface area contributed by atoms with Crippen molar-refractivity contribution in [1.82, 2.24) is 10.6 Å². The zero-order valence-corrected chi connectivity index (χ0v) is 13.8. The lowest BCUT2D eigenvalue weighted by atomic mass is 10.2. The molecule has 1 amide bonds. The van der Waals surface area contributed by atoms with Gasteiger partial charge < -0.3 is 14.8 Å². The Bertz CT molecular complexity index is 483. The minimum Gasteiger partial charge on any atom is -0.493 e. The third-order valence-corrected chi connectivity index (χ3v) is 3.18. The number of thiocarbonyl (C=S) groups is 1. The van der Waals surface area contributed by atoms with Gasteiger partial charge in [-0.3, -0.25) is 10.1 Å². The maximum Gasteiger partial charge on any atom is 0.257 e. The van der Waals surface area contributed by atoms with Gasteiger partial charge in [0.1, 0.15) is 5.75 Å². The number of ether oxygens (including phenoxy) is 2. The molecule has 0 saturated carbocycles. The number of hydrogen-bond donors (Lipinski definition) is 2. The molecule has 7 heteroatoms. The molecule has 0 bridgehead atoms. The van der Waals surface area contributed by atoms with Crippen molar-refractivity contribution in [1.29, 1.82) is 0 Å². The minimum atomic E-state index is -0.274. The molecule has 0 saturated heterocycles. The van der Waals surface area contributed by atoms with Crippen LogP contribution >= 0.6 is 28.1 Å². The molecule has 1 aromatic rings. The van der Waals surface area contributed by atoms with Gasteiger partial charge in [0, 0.05) is 19.2 Å². The zero-order chi connectivity index (χ0) is 15.0. The average Bonchev–Trinajstić information content (AvgIpc) is 2.41. The molecule has 0 atom stereocenters. The summed E-state index contributed by atoms with van der Waals surface area (Å²) in [5.41, 5.74) is 0.496. The number of hydrogen-bond acceptors (Lipinski definition) is 4. The first-order valence-electron chi connectivity index (χ1n) is 6.09. The monoisotopic (exact) mass is 360 g/mol. The molecule has 0 aliphatic heterocycles. The summed E-state index contributed by atoms with van der Waals surface area (Å²) in [4.78, 5) is 12.0. The van der Waals surface area contributed by atoms with E-state index in [0.29, 0.717) is 31.1 Å². The van der Waals surface area contributed by atoms with Crippen molar-refractivity contribution in [2.45, 2.75) is 6.92 Å². The van der Waals surface area contributed by atoms with Crippen molar-refractivity contribution in [3.05, 3.63) is 28.2 Å². The summed E-state index contributed by atoms with van der Waals surface area (Å²) in [7, 11) is 1.60. The highest BCUT2D eigenvalue weighted by atomic mass is 79.9. The maximum absolute atomic E-state index is 12.0. The molecule has 0 aliphatic rings. The normalized spacial score (nSPS) is 9.95. The van der Waals surface area contributed by atoms with E-state index in [1.165, 1.54) is 0 Å². The zero-order valence-electron chi connectivity index (χ0n) is 11.4. The Morgan fingerprint density at radius 1 is 1.45 bits per heavy atom. The number of rotatable bonds is 6. The van der Waals surface area contributed by atoms with Crippen molar-refractivity contribution >= 4 is 39.2 Å². The van der Waals surface area contributed by atoms with E-state index in [0.717, 1.165) is 4.47 Å². The highest BCUT2D eigenvalue weighted by molar-refractivity contribution is 9.10. The Balaban J connectivity index is 2.59. The first-order chi connectivity index (χ1) is 9.58. The SMILES string of the molecule is CCOc1ccc(C(=O)NC(=S)NCCOC)cc1Br. The van der Waals surface area contributed by atoms with Crippen molar-refractivity contribution in [3.8, 4) is 5.75 Å². The molecule has 2 N–H and O–H groups in total. The van der Waals surface area contributed by atoms with E-state index in [2.05, 4.69) is 26.6 Å². The number of methoxy groups -OCH3 is 1. The van der Waals surface area contributed by atoms with Gasteiger partial charge in [-0.25, -0.2) is 0 Å². The van der Waals surface area contributed by atoms with Gasteiger partial charge in [0.15, 0.2) is 5.11 Å². The van der Waals surface area contributed by atoms with Gasteiger partial charge in [-0.15, -0.1) is 0 Å². The Kier molecular flexibility index (Phi) is 7.50. The van der Waals surface area contributed by atoms with Crippen LogP contribution < -0.4 is 15.4 Å². The molecule has 0 radical (unpaired) electrons. The molecule has 0 heterocycles. The van der Waals surface area contributed by atoms with E-state index in [-0.39, 0.29) is 11.0 Å². The summed E-state index contributed by atoms with van der Waals surface area (Å²) >= 11 is 8.37. The quantitative estimate of drug-likeness (QED) is 0.600. The van der Waals surface area contributed by atoms with Crippen LogP contribution in [0.1, 0.15) is 17.3 Å². The lowest BCUT2D eigenvalue weighted by molar-refractivity contribution is 0.0976. The van der Waals surface area contributed by atoms with E-state index in [1.54, 1.807) is 25.3 Å². The highest BCUT2D eigenvalue weighted by Gasteiger charge is 2.10. The maximum atomic E-state index is 12.0. The van der Waals surface area contributed by atoms with Crippen LogP contribution in [0, 0.1) is 0 Å². The summed E-state index contributed by atoms with van der Waals surface area (Å²) in [6.07, 6.45) is 0. The number of nitrogens with one attached hydrogen (secondary N) is 2. The number of carbonyl (C=O) groups excluding carboxylic acids is 1. The van der Waals surface area contributed by atoms with E-state index in [9.17, 15) is 4.79 Å². The summed E-state index contributed by atoms with van der Waals surface area (Å²) in [5.74, 6) is 0.425. The van der Waals surface area contributed by atoms with Crippen molar-refractivity contribution in [3.63, 3.8) is 0 Å². The Labute approximate surface area is 132 Å².